The number of pyridine rings is 1. The largest absolute Gasteiger partial charge is 0.315 e. The molecule has 0 aliphatic carbocycles. The van der Waals surface area contributed by atoms with E-state index in [0.29, 0.717) is 49.2 Å². The van der Waals surface area contributed by atoms with Crippen LogP contribution in [0.15, 0.2) is 96.2 Å². The third-order valence-corrected chi connectivity index (χ3v) is 6.18. The first kappa shape index (κ1) is 24.2. The van der Waals surface area contributed by atoms with E-state index in [9.17, 15) is 14.9 Å². The summed E-state index contributed by atoms with van der Waals surface area (Å²) in [6, 6.07) is 23.8. The third kappa shape index (κ3) is 5.06. The zero-order chi connectivity index (χ0) is 25.9. The Kier molecular flexibility index (Phi) is 6.68. The molecule has 0 atom stereocenters. The molecule has 1 amide bonds. The van der Waals surface area contributed by atoms with Crippen molar-refractivity contribution in [2.24, 2.45) is 5.10 Å². The van der Waals surface area contributed by atoms with Crippen molar-refractivity contribution < 1.29 is 9.72 Å². The average molecular weight is 530 g/mol. The van der Waals surface area contributed by atoms with Crippen LogP contribution in [0.2, 0.25) is 10.0 Å². The number of carbonyl (C=O) groups is 1. The maximum atomic E-state index is 13.2. The lowest BCUT2D eigenvalue weighted by Crippen LogP contribution is -2.18. The highest BCUT2D eigenvalue weighted by molar-refractivity contribution is 6.36. The minimum absolute atomic E-state index is 0.0245. The minimum atomic E-state index is -0.453. The second kappa shape index (κ2) is 10.2. The van der Waals surface area contributed by atoms with Gasteiger partial charge in [0.15, 0.2) is 0 Å². The maximum Gasteiger partial charge on any atom is 0.272 e. The van der Waals surface area contributed by atoms with Gasteiger partial charge in [-0.2, -0.15) is 5.10 Å². The van der Waals surface area contributed by atoms with Crippen LogP contribution in [0, 0.1) is 10.1 Å². The number of nitro groups is 1. The number of benzene rings is 3. The minimum Gasteiger partial charge on any atom is -0.315 e. The van der Waals surface area contributed by atoms with Gasteiger partial charge in [0.25, 0.3) is 11.6 Å². The number of rotatable bonds is 6. The smallest absolute Gasteiger partial charge is 0.272 e. The molecular formula is C27H17Cl2N5O3. The molecule has 2 heterocycles. The highest BCUT2D eigenvalue weighted by atomic mass is 35.5. The van der Waals surface area contributed by atoms with Crippen molar-refractivity contribution >= 4 is 51.9 Å². The molecule has 0 bridgehead atoms. The van der Waals surface area contributed by atoms with Crippen LogP contribution in [-0.2, 0) is 0 Å². The quantitative estimate of drug-likeness (QED) is 0.150. The first-order valence-corrected chi connectivity index (χ1v) is 11.8. The van der Waals surface area contributed by atoms with E-state index in [2.05, 4.69) is 15.5 Å². The molecule has 1 N–H and O–H groups in total. The monoisotopic (exact) mass is 529 g/mol. The van der Waals surface area contributed by atoms with Gasteiger partial charge in [-0.25, -0.2) is 10.4 Å². The van der Waals surface area contributed by atoms with E-state index in [1.165, 1.54) is 18.3 Å². The van der Waals surface area contributed by atoms with Gasteiger partial charge in [-0.05, 0) is 48.5 Å². The Morgan fingerprint density at radius 3 is 2.65 bits per heavy atom. The van der Waals surface area contributed by atoms with Gasteiger partial charge in [0.2, 0.25) is 0 Å². The van der Waals surface area contributed by atoms with Crippen LogP contribution < -0.4 is 5.43 Å². The molecule has 0 radical (unpaired) electrons. The van der Waals surface area contributed by atoms with E-state index < -0.39 is 10.8 Å². The highest BCUT2D eigenvalue weighted by Crippen LogP contribution is 2.31. The number of fused-ring (bicyclic) bond motifs is 1. The van der Waals surface area contributed by atoms with Gasteiger partial charge < -0.3 is 4.57 Å². The summed E-state index contributed by atoms with van der Waals surface area (Å²) in [5.41, 5.74) is 5.92. The molecule has 3 aromatic carbocycles. The number of nitro benzene ring substituents is 1. The lowest BCUT2D eigenvalue weighted by molar-refractivity contribution is -0.384. The summed E-state index contributed by atoms with van der Waals surface area (Å²) in [5.74, 6) is -0.436. The lowest BCUT2D eigenvalue weighted by Gasteiger charge is -2.10. The van der Waals surface area contributed by atoms with E-state index in [1.54, 1.807) is 59.3 Å². The van der Waals surface area contributed by atoms with E-state index in [-0.39, 0.29) is 5.69 Å². The summed E-state index contributed by atoms with van der Waals surface area (Å²) < 4.78 is 1.73. The fourth-order valence-electron chi connectivity index (χ4n) is 3.91. The molecule has 182 valence electrons. The van der Waals surface area contributed by atoms with Crippen LogP contribution in [0.4, 0.5) is 5.69 Å². The zero-order valence-corrected chi connectivity index (χ0v) is 20.5. The number of nitrogens with zero attached hydrogens (tertiary/aromatic N) is 4. The molecule has 37 heavy (non-hydrogen) atoms. The molecule has 0 spiro atoms. The Balaban J connectivity index is 1.45. The Morgan fingerprint density at radius 2 is 1.84 bits per heavy atom. The fourth-order valence-corrected chi connectivity index (χ4v) is 4.41. The molecule has 8 nitrogen and oxygen atoms in total. The number of non-ortho nitro benzene ring substituents is 1. The molecular weight excluding hydrogens is 513 g/mol. The third-order valence-electron chi connectivity index (χ3n) is 5.63. The number of amides is 1. The van der Waals surface area contributed by atoms with E-state index in [0.717, 1.165) is 0 Å². The number of hydrogen-bond donors (Lipinski definition) is 1. The van der Waals surface area contributed by atoms with Crippen LogP contribution in [-0.4, -0.2) is 26.6 Å². The van der Waals surface area contributed by atoms with Crippen LogP contribution in [0.3, 0.4) is 0 Å². The summed E-state index contributed by atoms with van der Waals surface area (Å²) in [6.07, 6.45) is 3.22. The second-order valence-corrected chi connectivity index (χ2v) is 8.82. The van der Waals surface area contributed by atoms with Crippen molar-refractivity contribution in [1.29, 1.82) is 0 Å². The van der Waals surface area contributed by atoms with Crippen LogP contribution in [0.5, 0.6) is 0 Å². The average Bonchev–Trinajstić information content (AvgIpc) is 3.36. The SMILES string of the molecule is O=C(NN=Cc1cccn1-c1cccc([N+](=O)[O-])c1)c1cc(-c2ccc(Cl)cc2Cl)nc2ccccc12. The van der Waals surface area contributed by atoms with Crippen molar-refractivity contribution in [1.82, 2.24) is 15.0 Å². The van der Waals surface area contributed by atoms with Gasteiger partial charge in [0.05, 0.1) is 44.3 Å². The molecule has 5 rings (SSSR count). The zero-order valence-electron chi connectivity index (χ0n) is 19.0. The molecule has 0 saturated carbocycles. The number of hydrazone groups is 1. The van der Waals surface area contributed by atoms with Gasteiger partial charge in [0.1, 0.15) is 0 Å². The topological polar surface area (TPSA) is 102 Å². The number of carbonyl (C=O) groups excluding carboxylic acids is 1. The number of hydrogen-bond acceptors (Lipinski definition) is 5. The van der Waals surface area contributed by atoms with Crippen LogP contribution >= 0.6 is 23.2 Å². The highest BCUT2D eigenvalue weighted by Gasteiger charge is 2.15. The van der Waals surface area contributed by atoms with Crippen molar-refractivity contribution in [3.05, 3.63) is 123 Å². The Hall–Kier alpha value is -4.53. The van der Waals surface area contributed by atoms with E-state index >= 15 is 0 Å². The molecule has 10 heteroatoms. The Bertz CT molecular complexity index is 1700. The van der Waals surface area contributed by atoms with Crippen molar-refractivity contribution in [3.63, 3.8) is 0 Å². The number of aromatic nitrogens is 2. The van der Waals surface area contributed by atoms with Crippen molar-refractivity contribution in [2.75, 3.05) is 0 Å². The van der Waals surface area contributed by atoms with Crippen molar-refractivity contribution in [3.8, 4) is 16.9 Å². The predicted octanol–water partition coefficient (Wildman–Crippen LogP) is 6.67. The normalized spacial score (nSPS) is 11.2. The lowest BCUT2D eigenvalue weighted by atomic mass is 10.0. The Morgan fingerprint density at radius 1 is 1.00 bits per heavy atom. The van der Waals surface area contributed by atoms with Gasteiger partial charge in [-0.1, -0.05) is 47.5 Å². The molecule has 0 saturated heterocycles. The summed E-state index contributed by atoms with van der Waals surface area (Å²) >= 11 is 12.4. The summed E-state index contributed by atoms with van der Waals surface area (Å²) in [5, 5.41) is 16.8. The van der Waals surface area contributed by atoms with Gasteiger partial charge in [-0.3, -0.25) is 14.9 Å². The first-order valence-electron chi connectivity index (χ1n) is 11.0. The second-order valence-electron chi connectivity index (χ2n) is 7.98. The Labute approximate surface area is 220 Å². The van der Waals surface area contributed by atoms with Crippen LogP contribution in [0.1, 0.15) is 16.1 Å². The molecule has 0 unspecified atom stereocenters. The molecule has 0 aliphatic heterocycles. The fraction of sp³-hybridized carbons (Fsp3) is 0. The number of para-hydroxylation sites is 1. The van der Waals surface area contributed by atoms with Crippen molar-refractivity contribution in [2.45, 2.75) is 0 Å². The van der Waals surface area contributed by atoms with Gasteiger partial charge in [0, 0.05) is 34.3 Å². The molecule has 0 aliphatic rings. The number of nitrogens with one attached hydrogen (secondary N) is 1. The molecule has 5 aromatic rings. The maximum absolute atomic E-state index is 13.2. The standard InChI is InChI=1S/C27H17Cl2N5O3/c28-17-10-11-22(24(29)13-17)26-15-23(21-8-1-2-9-25(21)31-26)27(35)32-30-16-20-7-4-12-33(20)18-5-3-6-19(14-18)34(36)37/h1-16H,(H,32,35). The molecule has 0 fully saturated rings. The number of halogens is 2. The summed E-state index contributed by atoms with van der Waals surface area (Å²) in [6.45, 7) is 0. The predicted molar refractivity (Wildman–Crippen MR) is 145 cm³/mol. The van der Waals surface area contributed by atoms with Crippen LogP contribution in [0.25, 0.3) is 27.8 Å². The van der Waals surface area contributed by atoms with Gasteiger partial charge >= 0.3 is 0 Å². The summed E-state index contributed by atoms with van der Waals surface area (Å²) in [4.78, 5) is 28.5. The van der Waals surface area contributed by atoms with E-state index in [1.807, 2.05) is 24.3 Å². The van der Waals surface area contributed by atoms with E-state index in [4.69, 9.17) is 23.2 Å². The first-order chi connectivity index (χ1) is 17.9. The van der Waals surface area contributed by atoms with Gasteiger partial charge in [-0.15, -0.1) is 0 Å². The molecule has 2 aromatic heterocycles. The summed E-state index contributed by atoms with van der Waals surface area (Å²) in [7, 11) is 0.